The Morgan fingerprint density at radius 1 is 0.478 bits per heavy atom. The molecule has 0 saturated heterocycles. The number of nitrogens with zero attached hydrogens (tertiary/aromatic N) is 3. The van der Waals surface area contributed by atoms with Gasteiger partial charge in [0.25, 0.3) is 11.8 Å². The molecule has 0 aliphatic carbocycles. The molecule has 0 bridgehead atoms. The van der Waals surface area contributed by atoms with Crippen molar-refractivity contribution in [1.82, 2.24) is 15.0 Å². The topological polar surface area (TPSA) is 65.0 Å². The summed E-state index contributed by atoms with van der Waals surface area (Å²) < 4.78 is 14.7. The van der Waals surface area contributed by atoms with Gasteiger partial charge in [-0.1, -0.05) is 72.8 Å². The fourth-order valence-electron chi connectivity index (χ4n) is 5.74. The van der Waals surface area contributed by atoms with Crippen molar-refractivity contribution in [2.24, 2.45) is 0 Å². The number of hydrogen-bond donors (Lipinski definition) is 0. The lowest BCUT2D eigenvalue weighted by molar-refractivity contribution is 0.550. The number of oxazole rings is 2. The first-order chi connectivity index (χ1) is 22.8. The third-order valence-corrected chi connectivity index (χ3v) is 10.2. The maximum Gasteiger partial charge on any atom is 0.284 e. The van der Waals surface area contributed by atoms with E-state index in [1.54, 1.807) is 22.7 Å². The minimum atomic E-state index is 0.386. The van der Waals surface area contributed by atoms with Crippen LogP contribution in [0.3, 0.4) is 0 Å². The van der Waals surface area contributed by atoms with Gasteiger partial charge in [-0.05, 0) is 71.4 Å². The molecule has 0 aliphatic rings. The van der Waals surface area contributed by atoms with Crippen LogP contribution in [0.4, 0.5) is 0 Å². The average molecular weight is 630 g/mol. The molecular formula is C39H23N3O2S2. The van der Waals surface area contributed by atoms with Gasteiger partial charge < -0.3 is 8.83 Å². The Morgan fingerprint density at radius 2 is 1.09 bits per heavy atom. The Balaban J connectivity index is 0.000000249. The summed E-state index contributed by atoms with van der Waals surface area (Å²) in [5.41, 5.74) is 6.30. The van der Waals surface area contributed by atoms with Crippen LogP contribution in [0.5, 0.6) is 0 Å². The van der Waals surface area contributed by atoms with Crippen LogP contribution >= 0.6 is 22.7 Å². The quantitative estimate of drug-likeness (QED) is 0.195. The van der Waals surface area contributed by atoms with Gasteiger partial charge >= 0.3 is 0 Å². The van der Waals surface area contributed by atoms with E-state index in [2.05, 4.69) is 88.8 Å². The first-order valence-corrected chi connectivity index (χ1v) is 16.5. The molecule has 10 rings (SSSR count). The number of benzene rings is 5. The van der Waals surface area contributed by atoms with Crippen LogP contribution in [0.2, 0.25) is 0 Å². The summed E-state index contributed by atoms with van der Waals surface area (Å²) in [6.45, 7) is 0. The van der Waals surface area contributed by atoms with Crippen LogP contribution in [-0.2, 0) is 0 Å². The van der Waals surface area contributed by atoms with Crippen LogP contribution in [0.25, 0.3) is 85.9 Å². The minimum Gasteiger partial charge on any atom is -0.432 e. The van der Waals surface area contributed by atoms with Gasteiger partial charge in [0, 0.05) is 41.9 Å². The zero-order valence-corrected chi connectivity index (χ0v) is 25.9. The summed E-state index contributed by atoms with van der Waals surface area (Å²) in [7, 11) is 0. The predicted molar refractivity (Wildman–Crippen MR) is 190 cm³/mol. The second-order valence-corrected chi connectivity index (χ2v) is 13.0. The van der Waals surface area contributed by atoms with Crippen LogP contribution in [0.1, 0.15) is 0 Å². The molecule has 5 heterocycles. The van der Waals surface area contributed by atoms with Gasteiger partial charge in [0.1, 0.15) is 11.0 Å². The van der Waals surface area contributed by atoms with E-state index >= 15 is 0 Å². The zero-order chi connectivity index (χ0) is 30.5. The molecule has 46 heavy (non-hydrogen) atoms. The molecule has 218 valence electrons. The molecule has 0 radical (unpaired) electrons. The van der Waals surface area contributed by atoms with Crippen molar-refractivity contribution in [3.63, 3.8) is 0 Å². The Kier molecular flexibility index (Phi) is 6.43. The molecule has 7 heteroatoms. The molecule has 0 fully saturated rings. The van der Waals surface area contributed by atoms with Crippen molar-refractivity contribution in [2.75, 3.05) is 0 Å². The van der Waals surface area contributed by atoms with Crippen molar-refractivity contribution in [3.05, 3.63) is 140 Å². The summed E-state index contributed by atoms with van der Waals surface area (Å²) in [5, 5.41) is 3.66. The first-order valence-electron chi connectivity index (χ1n) is 14.8. The fraction of sp³-hybridized carbons (Fsp3) is 0. The number of para-hydroxylation sites is 3. The summed E-state index contributed by atoms with van der Waals surface area (Å²) in [5.74, 6) is 0.773. The summed E-state index contributed by atoms with van der Waals surface area (Å²) in [6.07, 6.45) is 1.81. The highest BCUT2D eigenvalue weighted by Gasteiger charge is 2.22. The monoisotopic (exact) mass is 629 g/mol. The number of rotatable bonds is 3. The van der Waals surface area contributed by atoms with Crippen molar-refractivity contribution in [1.29, 1.82) is 0 Å². The molecule has 5 aromatic carbocycles. The molecule has 0 saturated carbocycles. The van der Waals surface area contributed by atoms with E-state index in [1.165, 1.54) is 30.4 Å². The second-order valence-electron chi connectivity index (χ2n) is 10.8. The Hall–Kier alpha value is -5.63. The highest BCUT2D eigenvalue weighted by atomic mass is 32.1. The molecule has 0 N–H and O–H groups in total. The highest BCUT2D eigenvalue weighted by Crippen LogP contribution is 2.46. The van der Waals surface area contributed by atoms with Gasteiger partial charge in [-0.25, -0.2) is 9.97 Å². The summed E-state index contributed by atoms with van der Waals surface area (Å²) in [4.78, 5) is 16.1. The summed E-state index contributed by atoms with van der Waals surface area (Å²) in [6, 6.07) is 45.4. The SMILES string of the molecule is c1ccc2ncccc2c1.c1ccc2sc(-c3ccc4oc(-c5nc6ccccc6o5)nc4c3-c3cc4ccccc4s3)cc2c1. The normalized spacial score (nSPS) is 11.5. The molecule has 0 spiro atoms. The number of aromatic nitrogens is 3. The Bertz CT molecular complexity index is 2520. The second kappa shape index (κ2) is 11.1. The van der Waals surface area contributed by atoms with Gasteiger partial charge in [0.15, 0.2) is 11.2 Å². The van der Waals surface area contributed by atoms with E-state index < -0.39 is 0 Å². The van der Waals surface area contributed by atoms with Gasteiger partial charge in [0.05, 0.1) is 5.52 Å². The van der Waals surface area contributed by atoms with Gasteiger partial charge in [-0.15, -0.1) is 22.7 Å². The Morgan fingerprint density at radius 3 is 1.85 bits per heavy atom. The van der Waals surface area contributed by atoms with Crippen LogP contribution in [-0.4, -0.2) is 15.0 Å². The smallest absolute Gasteiger partial charge is 0.284 e. The van der Waals surface area contributed by atoms with E-state index in [4.69, 9.17) is 13.8 Å². The lowest BCUT2D eigenvalue weighted by Gasteiger charge is -2.06. The molecule has 0 amide bonds. The predicted octanol–water partition coefficient (Wildman–Crippen LogP) is 11.6. The molecular weight excluding hydrogens is 607 g/mol. The fourth-order valence-corrected chi connectivity index (χ4v) is 7.96. The minimum absolute atomic E-state index is 0.386. The molecule has 10 aromatic rings. The molecule has 5 nitrogen and oxygen atoms in total. The largest absolute Gasteiger partial charge is 0.432 e. The number of pyridine rings is 1. The Labute approximate surface area is 271 Å². The third kappa shape index (κ3) is 4.74. The average Bonchev–Trinajstić information content (AvgIpc) is 3.91. The summed E-state index contributed by atoms with van der Waals surface area (Å²) >= 11 is 3.57. The number of fused-ring (bicyclic) bond motifs is 5. The number of hydrogen-bond acceptors (Lipinski definition) is 7. The van der Waals surface area contributed by atoms with Crippen molar-refractivity contribution in [2.45, 2.75) is 0 Å². The third-order valence-electron chi connectivity index (χ3n) is 7.91. The highest BCUT2D eigenvalue weighted by molar-refractivity contribution is 7.23. The number of thiophene rings is 2. The first kappa shape index (κ1) is 26.7. The van der Waals surface area contributed by atoms with E-state index in [9.17, 15) is 0 Å². The zero-order valence-electron chi connectivity index (χ0n) is 24.3. The van der Waals surface area contributed by atoms with Gasteiger partial charge in [-0.3, -0.25) is 4.98 Å². The van der Waals surface area contributed by atoms with Crippen molar-refractivity contribution in [3.8, 4) is 32.7 Å². The maximum atomic E-state index is 6.21. The van der Waals surface area contributed by atoms with E-state index in [1.807, 2.05) is 60.8 Å². The van der Waals surface area contributed by atoms with E-state index in [0.29, 0.717) is 22.9 Å². The lowest BCUT2D eigenvalue weighted by atomic mass is 10.0. The van der Waals surface area contributed by atoms with E-state index in [-0.39, 0.29) is 0 Å². The maximum absolute atomic E-state index is 6.21. The molecule has 5 aromatic heterocycles. The molecule has 0 atom stereocenters. The van der Waals surface area contributed by atoms with Crippen LogP contribution in [0, 0.1) is 0 Å². The van der Waals surface area contributed by atoms with Crippen LogP contribution in [0.15, 0.2) is 148 Å². The van der Waals surface area contributed by atoms with Crippen LogP contribution < -0.4 is 0 Å². The lowest BCUT2D eigenvalue weighted by Crippen LogP contribution is -1.84. The standard InChI is InChI=1S/C30H16N2O2S2.C9H7N/c1-5-11-23-17(7-1)15-25(35-23)19-13-14-22-28(27(19)26-16-18-8-2-6-12-24(18)36-26)32-30(34-22)29-31-20-9-3-4-10-21(20)33-29;1-2-6-9-8(4-1)5-3-7-10-9/h1-16H;1-7H. The van der Waals surface area contributed by atoms with E-state index in [0.717, 1.165) is 32.6 Å². The van der Waals surface area contributed by atoms with Gasteiger partial charge in [-0.2, -0.15) is 0 Å². The van der Waals surface area contributed by atoms with Crippen molar-refractivity contribution >= 4 is 75.9 Å². The van der Waals surface area contributed by atoms with Crippen molar-refractivity contribution < 1.29 is 8.83 Å². The van der Waals surface area contributed by atoms with Gasteiger partial charge in [0.2, 0.25) is 0 Å². The molecule has 0 unspecified atom stereocenters. The molecule has 0 aliphatic heterocycles.